The molecule has 0 aliphatic carbocycles. The average molecular weight is 429 g/mol. The second-order valence-corrected chi connectivity index (χ2v) is 8.08. The predicted octanol–water partition coefficient (Wildman–Crippen LogP) is 5.57. The number of ether oxygens (including phenoxy) is 2. The van der Waals surface area contributed by atoms with E-state index in [1.54, 1.807) is 18.9 Å². The highest BCUT2D eigenvalue weighted by Gasteiger charge is 2.41. The van der Waals surface area contributed by atoms with Crippen LogP contribution in [0.3, 0.4) is 0 Å². The molecule has 1 amide bonds. The normalized spacial score (nSPS) is 17.9. The van der Waals surface area contributed by atoms with E-state index in [0.29, 0.717) is 17.3 Å². The molecule has 1 aliphatic heterocycles. The number of rotatable bonds is 6. The van der Waals surface area contributed by atoms with Crippen molar-refractivity contribution in [2.24, 2.45) is 4.99 Å². The van der Waals surface area contributed by atoms with E-state index in [0.717, 1.165) is 16.7 Å². The molecule has 0 bridgehead atoms. The number of hydrogen-bond acceptors (Lipinski definition) is 4. The predicted molar refractivity (Wildman–Crippen MR) is 126 cm³/mol. The molecule has 0 fully saturated rings. The zero-order chi connectivity index (χ0) is 22.7. The fraction of sp³-hybridized carbons (Fsp3) is 0.259. The van der Waals surface area contributed by atoms with Crippen molar-refractivity contribution in [1.82, 2.24) is 4.90 Å². The minimum absolute atomic E-state index is 0.0384. The first kappa shape index (κ1) is 21.6. The van der Waals surface area contributed by atoms with Crippen LogP contribution in [-0.2, 0) is 4.79 Å². The Morgan fingerprint density at radius 2 is 1.56 bits per heavy atom. The molecule has 3 aromatic carbocycles. The minimum Gasteiger partial charge on any atom is -0.497 e. The third kappa shape index (κ3) is 4.24. The molecule has 1 aliphatic rings. The maximum Gasteiger partial charge on any atom is 0.225 e. The molecule has 5 nitrogen and oxygen atoms in total. The molecule has 4 rings (SSSR count). The molecule has 164 valence electrons. The fourth-order valence-corrected chi connectivity index (χ4v) is 4.14. The lowest BCUT2D eigenvalue weighted by atomic mass is 9.93. The van der Waals surface area contributed by atoms with Crippen LogP contribution in [0.5, 0.6) is 11.5 Å². The third-order valence-corrected chi connectivity index (χ3v) is 5.48. The summed E-state index contributed by atoms with van der Waals surface area (Å²) >= 11 is 0. The first-order valence-corrected chi connectivity index (χ1v) is 10.8. The quantitative estimate of drug-likeness (QED) is 0.515. The summed E-state index contributed by atoms with van der Waals surface area (Å²) in [5.41, 5.74) is 2.87. The maximum absolute atomic E-state index is 13.0. The summed E-state index contributed by atoms with van der Waals surface area (Å²) < 4.78 is 11.5. The zero-order valence-corrected chi connectivity index (χ0v) is 18.9. The second kappa shape index (κ2) is 9.27. The van der Waals surface area contributed by atoms with E-state index in [4.69, 9.17) is 14.5 Å². The molecule has 0 saturated carbocycles. The smallest absolute Gasteiger partial charge is 0.225 e. The standard InChI is InChI=1S/C27H28N2O3/c1-18(2)32-24-17-22(31-4)15-16-23(24)27-28-25(20-11-7-5-8-12-20)26(29(27)19(3)30)21-13-9-6-10-14-21/h5-18,25-26H,1-4H3. The van der Waals surface area contributed by atoms with Crippen molar-refractivity contribution >= 4 is 11.7 Å². The number of nitrogens with zero attached hydrogens (tertiary/aromatic N) is 2. The Bertz CT molecular complexity index is 1110. The average Bonchev–Trinajstić information content (AvgIpc) is 3.20. The van der Waals surface area contributed by atoms with Gasteiger partial charge in [-0.15, -0.1) is 0 Å². The summed E-state index contributed by atoms with van der Waals surface area (Å²) in [6, 6.07) is 25.3. The third-order valence-electron chi connectivity index (χ3n) is 5.48. The highest BCUT2D eigenvalue weighted by molar-refractivity contribution is 6.10. The SMILES string of the molecule is COc1ccc(C2=NC(c3ccccc3)C(c3ccccc3)N2C(C)=O)c(OC(C)C)c1. The van der Waals surface area contributed by atoms with Gasteiger partial charge in [0.05, 0.1) is 24.8 Å². The van der Waals surface area contributed by atoms with Gasteiger partial charge in [-0.05, 0) is 37.1 Å². The summed E-state index contributed by atoms with van der Waals surface area (Å²) in [7, 11) is 1.62. The van der Waals surface area contributed by atoms with E-state index in [1.807, 2.05) is 68.4 Å². The Morgan fingerprint density at radius 3 is 2.12 bits per heavy atom. The number of amides is 1. The highest BCUT2D eigenvalue weighted by atomic mass is 16.5. The van der Waals surface area contributed by atoms with Crippen molar-refractivity contribution in [2.75, 3.05) is 7.11 Å². The van der Waals surface area contributed by atoms with Gasteiger partial charge in [-0.3, -0.25) is 14.7 Å². The molecule has 1 heterocycles. The first-order chi connectivity index (χ1) is 15.5. The van der Waals surface area contributed by atoms with E-state index < -0.39 is 0 Å². The van der Waals surface area contributed by atoms with E-state index in [9.17, 15) is 4.79 Å². The van der Waals surface area contributed by atoms with Crippen molar-refractivity contribution in [3.8, 4) is 11.5 Å². The largest absolute Gasteiger partial charge is 0.497 e. The van der Waals surface area contributed by atoms with Crippen molar-refractivity contribution in [2.45, 2.75) is 39.0 Å². The zero-order valence-electron chi connectivity index (χ0n) is 18.9. The minimum atomic E-state index is -0.250. The van der Waals surface area contributed by atoms with Gasteiger partial charge in [-0.25, -0.2) is 0 Å². The Kier molecular flexibility index (Phi) is 6.26. The Morgan fingerprint density at radius 1 is 0.938 bits per heavy atom. The lowest BCUT2D eigenvalue weighted by Crippen LogP contribution is -2.36. The molecular formula is C27H28N2O3. The Balaban J connectivity index is 1.90. The van der Waals surface area contributed by atoms with Crippen LogP contribution >= 0.6 is 0 Å². The van der Waals surface area contributed by atoms with Crippen LogP contribution in [0.25, 0.3) is 0 Å². The monoisotopic (exact) mass is 428 g/mol. The summed E-state index contributed by atoms with van der Waals surface area (Å²) in [4.78, 5) is 19.9. The topological polar surface area (TPSA) is 51.1 Å². The lowest BCUT2D eigenvalue weighted by molar-refractivity contribution is -0.126. The fourth-order valence-electron chi connectivity index (χ4n) is 4.14. The molecule has 2 unspecified atom stereocenters. The molecule has 5 heteroatoms. The second-order valence-electron chi connectivity index (χ2n) is 8.08. The van der Waals surface area contributed by atoms with Crippen LogP contribution in [0.15, 0.2) is 83.9 Å². The summed E-state index contributed by atoms with van der Waals surface area (Å²) in [6.45, 7) is 5.54. The van der Waals surface area contributed by atoms with Crippen molar-refractivity contribution in [3.63, 3.8) is 0 Å². The molecule has 2 atom stereocenters. The highest BCUT2D eigenvalue weighted by Crippen LogP contribution is 2.44. The van der Waals surface area contributed by atoms with Crippen molar-refractivity contribution in [1.29, 1.82) is 0 Å². The van der Waals surface area contributed by atoms with Crippen LogP contribution in [0.2, 0.25) is 0 Å². The van der Waals surface area contributed by atoms with Gasteiger partial charge in [0.15, 0.2) is 0 Å². The van der Waals surface area contributed by atoms with Gasteiger partial charge in [0.1, 0.15) is 23.4 Å². The van der Waals surface area contributed by atoms with Gasteiger partial charge in [-0.2, -0.15) is 0 Å². The van der Waals surface area contributed by atoms with Gasteiger partial charge in [-0.1, -0.05) is 60.7 Å². The summed E-state index contributed by atoms with van der Waals surface area (Å²) in [5.74, 6) is 1.88. The molecule has 0 N–H and O–H groups in total. The maximum atomic E-state index is 13.0. The van der Waals surface area contributed by atoms with E-state index in [-0.39, 0.29) is 24.1 Å². The van der Waals surface area contributed by atoms with Crippen LogP contribution in [0.4, 0.5) is 0 Å². The number of carbonyl (C=O) groups is 1. The van der Waals surface area contributed by atoms with E-state index in [1.165, 1.54) is 0 Å². The number of carbonyl (C=O) groups excluding carboxylic acids is 1. The van der Waals surface area contributed by atoms with Crippen LogP contribution in [-0.4, -0.2) is 29.9 Å². The number of methoxy groups -OCH3 is 1. The van der Waals surface area contributed by atoms with Crippen molar-refractivity contribution < 1.29 is 14.3 Å². The Labute approximate surface area is 189 Å². The molecule has 0 spiro atoms. The number of aliphatic imine (C=N–C) groups is 1. The number of benzene rings is 3. The van der Waals surface area contributed by atoms with E-state index in [2.05, 4.69) is 24.3 Å². The Hall–Kier alpha value is -3.60. The van der Waals surface area contributed by atoms with Crippen LogP contribution < -0.4 is 9.47 Å². The summed E-state index contributed by atoms with van der Waals surface area (Å²) in [5, 5.41) is 0. The van der Waals surface area contributed by atoms with Gasteiger partial charge in [0.2, 0.25) is 5.91 Å². The number of amidine groups is 1. The van der Waals surface area contributed by atoms with E-state index >= 15 is 0 Å². The lowest BCUT2D eigenvalue weighted by Gasteiger charge is -2.29. The molecule has 0 radical (unpaired) electrons. The van der Waals surface area contributed by atoms with Gasteiger partial charge < -0.3 is 9.47 Å². The summed E-state index contributed by atoms with van der Waals surface area (Å²) in [6.07, 6.45) is -0.0384. The molecule has 3 aromatic rings. The van der Waals surface area contributed by atoms with Gasteiger partial charge in [0.25, 0.3) is 0 Å². The van der Waals surface area contributed by atoms with Crippen LogP contribution in [0, 0.1) is 0 Å². The molecule has 0 saturated heterocycles. The van der Waals surface area contributed by atoms with Gasteiger partial charge >= 0.3 is 0 Å². The molecular weight excluding hydrogens is 400 g/mol. The molecule has 32 heavy (non-hydrogen) atoms. The van der Waals surface area contributed by atoms with Crippen LogP contribution in [0.1, 0.15) is 49.5 Å². The first-order valence-electron chi connectivity index (χ1n) is 10.8. The molecule has 0 aromatic heterocycles. The van der Waals surface area contributed by atoms with Gasteiger partial charge in [0, 0.05) is 13.0 Å². The number of hydrogen-bond donors (Lipinski definition) is 0. The van der Waals surface area contributed by atoms with Crippen molar-refractivity contribution in [3.05, 3.63) is 95.6 Å².